The minimum absolute atomic E-state index is 0.0690. The van der Waals surface area contributed by atoms with Gasteiger partial charge >= 0.3 is 0 Å². The Morgan fingerprint density at radius 1 is 1.00 bits per heavy atom. The second-order valence-corrected chi connectivity index (χ2v) is 12.6. The van der Waals surface area contributed by atoms with Crippen molar-refractivity contribution >= 4 is 24.5 Å². The molecule has 0 aromatic heterocycles. The van der Waals surface area contributed by atoms with E-state index in [2.05, 4.69) is 13.8 Å². The Bertz CT molecular complexity index is 760. The number of carbonyl (C=O) groups excluding carboxylic acids is 1. The summed E-state index contributed by atoms with van der Waals surface area (Å²) < 4.78 is 0. The minimum atomic E-state index is -2.97. The van der Waals surface area contributed by atoms with Gasteiger partial charge in [-0.25, -0.2) is 0 Å². The summed E-state index contributed by atoms with van der Waals surface area (Å²) in [7, 11) is -2.97. The number of unbranched alkanes of at least 4 members (excludes halogenated alkanes) is 1. The standard InChI is InChI=1S/C26H36O3Si/c1-4-13-22(27)19-20-23(28)14-11-12-21-26(2,3)30(29,24-15-7-5-8-16-24)25-17-9-6-10-18-25/h5-10,15-20,23,28-29H,4,11-14,21H2,1-3H3/b20-19+. The summed E-state index contributed by atoms with van der Waals surface area (Å²) in [6, 6.07) is 20.1. The molecule has 4 heteroatoms. The van der Waals surface area contributed by atoms with Gasteiger partial charge in [0.2, 0.25) is 0 Å². The van der Waals surface area contributed by atoms with Gasteiger partial charge in [0.15, 0.2) is 5.78 Å². The van der Waals surface area contributed by atoms with Crippen molar-refractivity contribution in [3.63, 3.8) is 0 Å². The molecule has 30 heavy (non-hydrogen) atoms. The first-order valence-corrected chi connectivity index (χ1v) is 13.0. The minimum Gasteiger partial charge on any atom is -0.424 e. The Balaban J connectivity index is 2.05. The van der Waals surface area contributed by atoms with E-state index in [1.54, 1.807) is 6.08 Å². The average Bonchev–Trinajstić information content (AvgIpc) is 2.76. The second-order valence-electron chi connectivity index (χ2n) is 8.71. The molecule has 0 heterocycles. The smallest absolute Gasteiger partial charge is 0.258 e. The van der Waals surface area contributed by atoms with Crippen molar-refractivity contribution in [1.29, 1.82) is 0 Å². The Hall–Kier alpha value is -2.01. The van der Waals surface area contributed by atoms with E-state index in [1.807, 2.05) is 67.6 Å². The zero-order valence-electron chi connectivity index (χ0n) is 18.6. The van der Waals surface area contributed by atoms with Crippen LogP contribution >= 0.6 is 0 Å². The molecule has 0 saturated heterocycles. The Kier molecular flexibility index (Phi) is 9.22. The highest BCUT2D eigenvalue weighted by molar-refractivity contribution is 6.98. The van der Waals surface area contributed by atoms with Gasteiger partial charge in [-0.1, -0.05) is 100 Å². The van der Waals surface area contributed by atoms with Crippen molar-refractivity contribution in [1.82, 2.24) is 0 Å². The van der Waals surface area contributed by atoms with Crippen molar-refractivity contribution in [2.75, 3.05) is 0 Å². The molecule has 1 atom stereocenters. The van der Waals surface area contributed by atoms with E-state index in [4.69, 9.17) is 0 Å². The molecule has 0 radical (unpaired) electrons. The van der Waals surface area contributed by atoms with Gasteiger partial charge in [0.05, 0.1) is 6.10 Å². The third-order valence-corrected chi connectivity index (χ3v) is 10.5. The van der Waals surface area contributed by atoms with Crippen molar-refractivity contribution in [3.8, 4) is 0 Å². The van der Waals surface area contributed by atoms with Crippen LogP contribution in [-0.4, -0.2) is 30.1 Å². The summed E-state index contributed by atoms with van der Waals surface area (Å²) in [4.78, 5) is 23.7. The van der Waals surface area contributed by atoms with Gasteiger partial charge in [0.25, 0.3) is 8.32 Å². The van der Waals surface area contributed by atoms with E-state index in [0.29, 0.717) is 12.8 Å². The molecule has 0 aliphatic carbocycles. The summed E-state index contributed by atoms with van der Waals surface area (Å²) in [6.07, 6.45) is 7.14. The Labute approximate surface area is 182 Å². The SMILES string of the molecule is CCCC(=O)/C=C/C(O)CCCCC(C)(C)[Si](O)(c1ccccc1)c1ccccc1. The highest BCUT2D eigenvalue weighted by Gasteiger charge is 2.49. The van der Waals surface area contributed by atoms with E-state index in [0.717, 1.165) is 36.1 Å². The van der Waals surface area contributed by atoms with Gasteiger partial charge in [0, 0.05) is 6.42 Å². The molecule has 2 N–H and O–H groups in total. The number of rotatable bonds is 12. The first-order valence-electron chi connectivity index (χ1n) is 11.0. The monoisotopic (exact) mass is 424 g/mol. The van der Waals surface area contributed by atoms with Crippen LogP contribution in [0.5, 0.6) is 0 Å². The molecule has 3 nitrogen and oxygen atoms in total. The molecule has 0 bridgehead atoms. The third-order valence-electron chi connectivity index (χ3n) is 5.91. The van der Waals surface area contributed by atoms with Crippen LogP contribution in [-0.2, 0) is 4.79 Å². The summed E-state index contributed by atoms with van der Waals surface area (Å²) in [5.41, 5.74) is 0. The van der Waals surface area contributed by atoms with Crippen molar-refractivity contribution < 1.29 is 14.7 Å². The quantitative estimate of drug-likeness (QED) is 0.302. The van der Waals surface area contributed by atoms with Gasteiger partial charge in [-0.3, -0.25) is 4.79 Å². The highest BCUT2D eigenvalue weighted by Crippen LogP contribution is 2.40. The van der Waals surface area contributed by atoms with Crippen LogP contribution < -0.4 is 10.4 Å². The molecule has 0 aliphatic rings. The van der Waals surface area contributed by atoms with Gasteiger partial charge in [-0.05, 0) is 40.8 Å². The molecule has 2 aromatic carbocycles. The molecule has 0 spiro atoms. The predicted molar refractivity (Wildman–Crippen MR) is 128 cm³/mol. The largest absolute Gasteiger partial charge is 0.424 e. The van der Waals surface area contributed by atoms with E-state index in [1.165, 1.54) is 6.08 Å². The fourth-order valence-electron chi connectivity index (χ4n) is 4.05. The van der Waals surface area contributed by atoms with Crippen LogP contribution in [0.25, 0.3) is 0 Å². The number of hydrogen-bond donors (Lipinski definition) is 2. The van der Waals surface area contributed by atoms with Crippen LogP contribution in [0.4, 0.5) is 0 Å². The highest BCUT2D eigenvalue weighted by atomic mass is 28.4. The lowest BCUT2D eigenvalue weighted by atomic mass is 10.0. The predicted octanol–water partition coefficient (Wildman–Crippen LogP) is 4.37. The number of allylic oxidation sites excluding steroid dienone is 1. The Morgan fingerprint density at radius 2 is 1.53 bits per heavy atom. The van der Waals surface area contributed by atoms with Crippen LogP contribution in [0.15, 0.2) is 72.8 Å². The van der Waals surface area contributed by atoms with E-state index < -0.39 is 14.4 Å². The number of aliphatic hydroxyl groups excluding tert-OH is 1. The zero-order chi connectivity index (χ0) is 22.0. The van der Waals surface area contributed by atoms with Crippen LogP contribution in [0.3, 0.4) is 0 Å². The summed E-state index contributed by atoms with van der Waals surface area (Å²) in [5.74, 6) is 0.0690. The maximum atomic E-state index is 12.1. The zero-order valence-corrected chi connectivity index (χ0v) is 19.6. The normalized spacial score (nSPS) is 13.5. The number of carbonyl (C=O) groups is 1. The molecular weight excluding hydrogens is 388 g/mol. The lowest BCUT2D eigenvalue weighted by molar-refractivity contribution is -0.114. The van der Waals surface area contributed by atoms with Gasteiger partial charge in [0.1, 0.15) is 0 Å². The lowest BCUT2D eigenvalue weighted by Crippen LogP contribution is -2.65. The van der Waals surface area contributed by atoms with Crippen molar-refractivity contribution in [2.45, 2.75) is 70.4 Å². The Morgan fingerprint density at radius 3 is 2.03 bits per heavy atom. The summed E-state index contributed by atoms with van der Waals surface area (Å²) in [5, 5.41) is 11.9. The lowest BCUT2D eigenvalue weighted by Gasteiger charge is -2.41. The first kappa shape index (κ1) is 24.3. The van der Waals surface area contributed by atoms with E-state index >= 15 is 0 Å². The van der Waals surface area contributed by atoms with Gasteiger partial charge in [-0.15, -0.1) is 0 Å². The molecular formula is C26H36O3Si. The summed E-state index contributed by atoms with van der Waals surface area (Å²) in [6.45, 7) is 6.30. The van der Waals surface area contributed by atoms with Crippen LogP contribution in [0, 0.1) is 0 Å². The topological polar surface area (TPSA) is 57.5 Å². The van der Waals surface area contributed by atoms with Gasteiger partial charge in [-0.2, -0.15) is 0 Å². The van der Waals surface area contributed by atoms with Crippen LogP contribution in [0.2, 0.25) is 5.04 Å². The van der Waals surface area contributed by atoms with Crippen molar-refractivity contribution in [2.24, 2.45) is 0 Å². The average molecular weight is 425 g/mol. The fourth-order valence-corrected chi connectivity index (χ4v) is 7.84. The summed E-state index contributed by atoms with van der Waals surface area (Å²) >= 11 is 0. The number of benzene rings is 2. The maximum absolute atomic E-state index is 12.1. The third kappa shape index (κ3) is 6.24. The molecule has 0 amide bonds. The van der Waals surface area contributed by atoms with Crippen LogP contribution in [0.1, 0.15) is 59.3 Å². The van der Waals surface area contributed by atoms with Gasteiger partial charge < -0.3 is 9.90 Å². The molecule has 0 fully saturated rings. The first-order chi connectivity index (χ1) is 14.3. The molecule has 1 unspecified atom stereocenters. The van der Waals surface area contributed by atoms with E-state index in [9.17, 15) is 14.7 Å². The van der Waals surface area contributed by atoms with E-state index in [-0.39, 0.29) is 10.8 Å². The maximum Gasteiger partial charge on any atom is 0.258 e. The number of aliphatic hydroxyl groups is 1. The molecule has 0 aliphatic heterocycles. The van der Waals surface area contributed by atoms with Crippen molar-refractivity contribution in [3.05, 3.63) is 72.8 Å². The number of ketones is 1. The molecule has 162 valence electrons. The fraction of sp³-hybridized carbons (Fsp3) is 0.423. The molecule has 0 saturated carbocycles. The second kappa shape index (κ2) is 11.4. The molecule has 2 rings (SSSR count). The number of hydrogen-bond acceptors (Lipinski definition) is 3. The molecule has 2 aromatic rings.